The second-order valence-electron chi connectivity index (χ2n) is 6.00. The van der Waals surface area contributed by atoms with E-state index in [4.69, 9.17) is 9.47 Å². The molecule has 6 heteroatoms. The minimum atomic E-state index is -0.717. The maximum absolute atomic E-state index is 12.9. The molecule has 0 radical (unpaired) electrons. The maximum Gasteiger partial charge on any atom is 0.262 e. The largest absolute Gasteiger partial charge is 0.496 e. The summed E-state index contributed by atoms with van der Waals surface area (Å²) in [6.07, 6.45) is 0.160. The van der Waals surface area contributed by atoms with E-state index in [1.807, 2.05) is 42.5 Å². The lowest BCUT2D eigenvalue weighted by atomic mass is 10.1. The number of rotatable bonds is 5. The third-order valence-electron chi connectivity index (χ3n) is 4.41. The van der Waals surface area contributed by atoms with E-state index in [1.165, 1.54) is 0 Å². The van der Waals surface area contributed by atoms with Crippen LogP contribution in [0.15, 0.2) is 48.5 Å². The number of fused-ring (bicyclic) bond motifs is 1. The summed E-state index contributed by atoms with van der Waals surface area (Å²) in [6, 6.07) is 14.9. The Bertz CT molecular complexity index is 806. The molecule has 0 spiro atoms. The summed E-state index contributed by atoms with van der Waals surface area (Å²) >= 11 is 0. The van der Waals surface area contributed by atoms with Gasteiger partial charge in [0.15, 0.2) is 6.10 Å². The Hall–Kier alpha value is -3.02. The summed E-state index contributed by atoms with van der Waals surface area (Å²) in [7, 11) is 3.17. The Balaban J connectivity index is 1.78. The van der Waals surface area contributed by atoms with Crippen molar-refractivity contribution < 1.29 is 19.1 Å². The Morgan fingerprint density at radius 2 is 1.92 bits per heavy atom. The average Bonchev–Trinajstić information content (AvgIpc) is 2.70. The van der Waals surface area contributed by atoms with Gasteiger partial charge in [0, 0.05) is 13.5 Å². The van der Waals surface area contributed by atoms with Crippen LogP contribution in [0.2, 0.25) is 0 Å². The predicted octanol–water partition coefficient (Wildman–Crippen LogP) is 2.17. The van der Waals surface area contributed by atoms with Crippen LogP contribution in [0.25, 0.3) is 0 Å². The lowest BCUT2D eigenvalue weighted by molar-refractivity contribution is -0.127. The summed E-state index contributed by atoms with van der Waals surface area (Å²) in [4.78, 5) is 26.5. The lowest BCUT2D eigenvalue weighted by Crippen LogP contribution is -2.50. The Morgan fingerprint density at radius 1 is 1.19 bits per heavy atom. The van der Waals surface area contributed by atoms with Crippen molar-refractivity contribution in [2.24, 2.45) is 0 Å². The number of para-hydroxylation sites is 3. The molecule has 0 unspecified atom stereocenters. The molecule has 6 nitrogen and oxygen atoms in total. The molecule has 26 heavy (non-hydrogen) atoms. The van der Waals surface area contributed by atoms with Crippen LogP contribution in [-0.2, 0) is 16.0 Å². The van der Waals surface area contributed by atoms with Gasteiger partial charge < -0.3 is 19.7 Å². The van der Waals surface area contributed by atoms with Crippen LogP contribution < -0.4 is 19.7 Å². The van der Waals surface area contributed by atoms with Crippen LogP contribution in [0.4, 0.5) is 5.69 Å². The molecule has 2 aromatic carbocycles. The molecular formula is C20H22N2O4. The number of hydrogen-bond acceptors (Lipinski definition) is 4. The van der Waals surface area contributed by atoms with Gasteiger partial charge in [0.2, 0.25) is 5.91 Å². The number of likely N-dealkylation sites (N-methyl/N-ethyl adjacent to an activating group) is 1. The third kappa shape index (κ3) is 3.64. The molecule has 0 aromatic heterocycles. The number of hydrogen-bond donors (Lipinski definition) is 1. The van der Waals surface area contributed by atoms with Crippen LogP contribution in [0.3, 0.4) is 0 Å². The Kier molecular flexibility index (Phi) is 5.41. The molecule has 0 bridgehead atoms. The van der Waals surface area contributed by atoms with Gasteiger partial charge in [0.1, 0.15) is 11.5 Å². The first-order valence-electron chi connectivity index (χ1n) is 8.53. The summed E-state index contributed by atoms with van der Waals surface area (Å²) in [5, 5.41) is 2.58. The fraction of sp³-hybridized carbons (Fsp3) is 0.300. The number of carbonyl (C=O) groups excluding carboxylic acids is 2. The minimum absolute atomic E-state index is 0.0550. The van der Waals surface area contributed by atoms with Crippen molar-refractivity contribution in [2.45, 2.75) is 18.9 Å². The first-order chi connectivity index (χ1) is 12.6. The number of nitrogens with zero attached hydrogens (tertiary/aromatic N) is 1. The number of nitrogens with one attached hydrogen (secondary N) is 1. The molecule has 1 N–H and O–H groups in total. The Labute approximate surface area is 152 Å². The van der Waals surface area contributed by atoms with Gasteiger partial charge in [-0.2, -0.15) is 0 Å². The summed E-state index contributed by atoms with van der Waals surface area (Å²) in [5.74, 6) is 1.01. The second kappa shape index (κ2) is 7.91. The highest BCUT2D eigenvalue weighted by molar-refractivity contribution is 5.97. The van der Waals surface area contributed by atoms with Crippen molar-refractivity contribution in [2.75, 3.05) is 25.6 Å². The van der Waals surface area contributed by atoms with Gasteiger partial charge in [0.05, 0.1) is 19.3 Å². The summed E-state index contributed by atoms with van der Waals surface area (Å²) in [5.41, 5.74) is 1.67. The van der Waals surface area contributed by atoms with Crippen LogP contribution in [0.1, 0.15) is 12.0 Å². The third-order valence-corrected chi connectivity index (χ3v) is 4.41. The molecule has 0 saturated heterocycles. The van der Waals surface area contributed by atoms with Crippen molar-refractivity contribution in [3.63, 3.8) is 0 Å². The highest BCUT2D eigenvalue weighted by Crippen LogP contribution is 2.33. The van der Waals surface area contributed by atoms with Gasteiger partial charge in [-0.3, -0.25) is 9.59 Å². The molecule has 1 aliphatic rings. The molecule has 136 valence electrons. The molecule has 0 fully saturated rings. The van der Waals surface area contributed by atoms with Crippen LogP contribution >= 0.6 is 0 Å². The van der Waals surface area contributed by atoms with Gasteiger partial charge in [-0.15, -0.1) is 0 Å². The highest BCUT2D eigenvalue weighted by Gasteiger charge is 2.33. The number of ether oxygens (including phenoxy) is 2. The number of anilines is 1. The van der Waals surface area contributed by atoms with Crippen molar-refractivity contribution in [3.8, 4) is 11.5 Å². The molecule has 2 amide bonds. The van der Waals surface area contributed by atoms with E-state index in [0.717, 1.165) is 11.3 Å². The van der Waals surface area contributed by atoms with Gasteiger partial charge in [-0.05, 0) is 30.2 Å². The maximum atomic E-state index is 12.9. The van der Waals surface area contributed by atoms with Gasteiger partial charge in [-0.25, -0.2) is 0 Å². The SMILES string of the molecule is CNC(=O)[C@H]1CN(C(=O)CCc2ccccc2OC)c2ccccc2O1. The van der Waals surface area contributed by atoms with Gasteiger partial charge >= 0.3 is 0 Å². The van der Waals surface area contributed by atoms with E-state index in [0.29, 0.717) is 24.3 Å². The van der Waals surface area contributed by atoms with Crippen LogP contribution in [0, 0.1) is 0 Å². The monoisotopic (exact) mass is 354 g/mol. The first-order valence-corrected chi connectivity index (χ1v) is 8.53. The van der Waals surface area contributed by atoms with Gasteiger partial charge in [-0.1, -0.05) is 30.3 Å². The van der Waals surface area contributed by atoms with Crippen LogP contribution in [0.5, 0.6) is 11.5 Å². The van der Waals surface area contributed by atoms with E-state index in [-0.39, 0.29) is 18.4 Å². The molecule has 2 aromatic rings. The smallest absolute Gasteiger partial charge is 0.262 e. The minimum Gasteiger partial charge on any atom is -0.496 e. The predicted molar refractivity (Wildman–Crippen MR) is 98.6 cm³/mol. The number of methoxy groups -OCH3 is 1. The summed E-state index contributed by atoms with van der Waals surface area (Å²) in [6.45, 7) is 0.196. The van der Waals surface area contributed by atoms with Crippen molar-refractivity contribution in [1.82, 2.24) is 5.32 Å². The fourth-order valence-corrected chi connectivity index (χ4v) is 3.05. The first kappa shape index (κ1) is 17.8. The topological polar surface area (TPSA) is 67.9 Å². The number of amides is 2. The lowest BCUT2D eigenvalue weighted by Gasteiger charge is -2.34. The molecule has 1 atom stereocenters. The molecular weight excluding hydrogens is 332 g/mol. The van der Waals surface area contributed by atoms with Gasteiger partial charge in [0.25, 0.3) is 5.91 Å². The molecule has 1 aliphatic heterocycles. The Morgan fingerprint density at radius 3 is 2.69 bits per heavy atom. The van der Waals surface area contributed by atoms with Crippen molar-refractivity contribution in [3.05, 3.63) is 54.1 Å². The zero-order valence-corrected chi connectivity index (χ0v) is 14.9. The van der Waals surface area contributed by atoms with E-state index < -0.39 is 6.10 Å². The van der Waals surface area contributed by atoms with E-state index in [1.54, 1.807) is 25.1 Å². The summed E-state index contributed by atoms with van der Waals surface area (Å²) < 4.78 is 11.1. The normalized spacial score (nSPS) is 15.6. The van der Waals surface area contributed by atoms with E-state index >= 15 is 0 Å². The van der Waals surface area contributed by atoms with Crippen molar-refractivity contribution in [1.29, 1.82) is 0 Å². The molecule has 0 saturated carbocycles. The molecule has 3 rings (SSSR count). The van der Waals surface area contributed by atoms with E-state index in [9.17, 15) is 9.59 Å². The van der Waals surface area contributed by atoms with Crippen LogP contribution in [-0.4, -0.2) is 38.6 Å². The number of aryl methyl sites for hydroxylation is 1. The number of carbonyl (C=O) groups is 2. The zero-order valence-electron chi connectivity index (χ0n) is 14.9. The zero-order chi connectivity index (χ0) is 18.5. The number of benzene rings is 2. The average molecular weight is 354 g/mol. The molecule has 1 heterocycles. The highest BCUT2D eigenvalue weighted by atomic mass is 16.5. The standard InChI is InChI=1S/C20H22N2O4/c1-21-20(24)18-13-22(15-8-4-6-10-17(15)26-18)19(23)12-11-14-7-3-5-9-16(14)25-2/h3-10,18H,11-13H2,1-2H3,(H,21,24)/t18-/m1/s1. The fourth-order valence-electron chi connectivity index (χ4n) is 3.05. The molecule has 0 aliphatic carbocycles. The van der Waals surface area contributed by atoms with Crippen molar-refractivity contribution >= 4 is 17.5 Å². The second-order valence-corrected chi connectivity index (χ2v) is 6.00. The quantitative estimate of drug-likeness (QED) is 0.894. The van der Waals surface area contributed by atoms with E-state index in [2.05, 4.69) is 5.32 Å².